The summed E-state index contributed by atoms with van der Waals surface area (Å²) >= 11 is 0. The average Bonchev–Trinajstić information content (AvgIpc) is 2.61. The summed E-state index contributed by atoms with van der Waals surface area (Å²) < 4.78 is 0. The molecule has 0 unspecified atom stereocenters. The van der Waals surface area contributed by atoms with Crippen LogP contribution in [-0.4, -0.2) is 62.6 Å². The van der Waals surface area contributed by atoms with Crippen molar-refractivity contribution in [2.24, 2.45) is 4.99 Å². The molecule has 26 heavy (non-hydrogen) atoms. The lowest BCUT2D eigenvalue weighted by Gasteiger charge is -2.38. The largest absolute Gasteiger partial charge is 0.368 e. The normalized spacial score (nSPS) is 15.4. The van der Waals surface area contributed by atoms with Gasteiger partial charge in [-0.1, -0.05) is 12.1 Å². The van der Waals surface area contributed by atoms with Gasteiger partial charge in [0.2, 0.25) is 5.91 Å². The van der Waals surface area contributed by atoms with Crippen LogP contribution in [0.2, 0.25) is 0 Å². The lowest BCUT2D eigenvalue weighted by atomic mass is 10.1. The van der Waals surface area contributed by atoms with Crippen LogP contribution in [0.25, 0.3) is 0 Å². The summed E-state index contributed by atoms with van der Waals surface area (Å²) in [6.45, 7) is 12.7. The van der Waals surface area contributed by atoms with Crippen LogP contribution in [0.5, 0.6) is 0 Å². The van der Waals surface area contributed by atoms with Gasteiger partial charge >= 0.3 is 0 Å². The van der Waals surface area contributed by atoms with Crippen molar-refractivity contribution in [1.29, 1.82) is 0 Å². The summed E-state index contributed by atoms with van der Waals surface area (Å²) in [5, 5.41) is 6.22. The van der Waals surface area contributed by atoms with Crippen molar-refractivity contribution in [1.82, 2.24) is 15.5 Å². The Bertz CT molecular complexity index is 633. The van der Waals surface area contributed by atoms with Crippen molar-refractivity contribution >= 4 is 17.6 Å². The van der Waals surface area contributed by atoms with Gasteiger partial charge in [-0.25, -0.2) is 0 Å². The zero-order valence-electron chi connectivity index (χ0n) is 16.8. The van der Waals surface area contributed by atoms with E-state index in [2.05, 4.69) is 57.5 Å². The van der Waals surface area contributed by atoms with Gasteiger partial charge in [-0.15, -0.1) is 0 Å². The zero-order chi connectivity index (χ0) is 19.1. The molecule has 1 fully saturated rings. The molecule has 144 valence electrons. The Morgan fingerprint density at radius 1 is 1.19 bits per heavy atom. The smallest absolute Gasteiger partial charge is 0.221 e. The number of amides is 1. The molecule has 6 heteroatoms. The Balaban J connectivity index is 1.83. The Morgan fingerprint density at radius 2 is 1.88 bits per heavy atom. The molecule has 1 aromatic carbocycles. The molecule has 0 aromatic heterocycles. The second-order valence-electron chi connectivity index (χ2n) is 7.14. The van der Waals surface area contributed by atoms with Crippen molar-refractivity contribution in [2.75, 3.05) is 44.7 Å². The third-order valence-corrected chi connectivity index (χ3v) is 4.79. The number of anilines is 1. The number of rotatable bonds is 5. The summed E-state index contributed by atoms with van der Waals surface area (Å²) in [6.07, 6.45) is 0.458. The minimum Gasteiger partial charge on any atom is -0.368 e. The van der Waals surface area contributed by atoms with E-state index in [0.29, 0.717) is 13.0 Å². The summed E-state index contributed by atoms with van der Waals surface area (Å²) in [4.78, 5) is 20.8. The van der Waals surface area contributed by atoms with Crippen LogP contribution in [0.4, 0.5) is 5.69 Å². The van der Waals surface area contributed by atoms with Gasteiger partial charge in [-0.3, -0.25) is 9.79 Å². The Kier molecular flexibility index (Phi) is 7.30. The van der Waals surface area contributed by atoms with E-state index in [-0.39, 0.29) is 11.9 Å². The van der Waals surface area contributed by atoms with Crippen LogP contribution in [0, 0.1) is 13.8 Å². The number of aliphatic imine (C=N–C) groups is 1. The highest BCUT2D eigenvalue weighted by Crippen LogP contribution is 2.23. The fourth-order valence-electron chi connectivity index (χ4n) is 3.25. The van der Waals surface area contributed by atoms with E-state index in [0.717, 1.165) is 32.1 Å². The Labute approximate surface area is 157 Å². The molecule has 6 nitrogen and oxygen atoms in total. The number of hydrogen-bond donors (Lipinski definition) is 2. The summed E-state index contributed by atoms with van der Waals surface area (Å²) in [6, 6.07) is 6.68. The third kappa shape index (κ3) is 5.38. The van der Waals surface area contributed by atoms with E-state index in [4.69, 9.17) is 0 Å². The average molecular weight is 360 g/mol. The van der Waals surface area contributed by atoms with Gasteiger partial charge in [0.05, 0.1) is 0 Å². The maximum absolute atomic E-state index is 11.7. The first-order valence-electron chi connectivity index (χ1n) is 9.48. The molecule has 0 bridgehead atoms. The SMILES string of the molecule is CN=C(NCCC(=O)NC(C)C)N1CCN(c2cccc(C)c2C)CC1. The van der Waals surface area contributed by atoms with E-state index in [9.17, 15) is 4.79 Å². The van der Waals surface area contributed by atoms with E-state index in [1.54, 1.807) is 7.05 Å². The number of piperazine rings is 1. The standard InChI is InChI=1S/C20H33N5O/c1-15(2)23-19(26)9-10-22-20(21-5)25-13-11-24(12-14-25)18-8-6-7-16(3)17(18)4/h6-8,15H,9-14H2,1-5H3,(H,21,22)(H,23,26). The minimum absolute atomic E-state index is 0.0719. The van der Waals surface area contributed by atoms with Gasteiger partial charge < -0.3 is 20.4 Å². The van der Waals surface area contributed by atoms with Crippen molar-refractivity contribution in [3.8, 4) is 0 Å². The quantitative estimate of drug-likeness (QED) is 0.623. The predicted molar refractivity (Wildman–Crippen MR) is 109 cm³/mol. The molecule has 0 saturated carbocycles. The zero-order valence-corrected chi connectivity index (χ0v) is 16.8. The fraction of sp³-hybridized carbons (Fsp3) is 0.600. The number of carbonyl (C=O) groups is 1. The molecule has 1 saturated heterocycles. The molecule has 2 N–H and O–H groups in total. The van der Waals surface area contributed by atoms with Crippen molar-refractivity contribution in [3.05, 3.63) is 29.3 Å². The topological polar surface area (TPSA) is 60.0 Å². The van der Waals surface area contributed by atoms with Crippen LogP contribution < -0.4 is 15.5 Å². The summed E-state index contributed by atoms with van der Waals surface area (Å²) in [7, 11) is 1.80. The molecular formula is C20H33N5O. The maximum Gasteiger partial charge on any atom is 0.221 e. The number of carbonyl (C=O) groups excluding carboxylic acids is 1. The molecule has 0 spiro atoms. The molecule has 1 aliphatic heterocycles. The number of benzene rings is 1. The molecule has 1 aromatic rings. The van der Waals surface area contributed by atoms with Gasteiger partial charge in [0, 0.05) is 57.9 Å². The monoisotopic (exact) mass is 359 g/mol. The summed E-state index contributed by atoms with van der Waals surface area (Å²) in [5.41, 5.74) is 4.03. The van der Waals surface area contributed by atoms with Crippen molar-refractivity contribution in [2.45, 2.75) is 40.2 Å². The lowest BCUT2D eigenvalue weighted by Crippen LogP contribution is -2.53. The van der Waals surface area contributed by atoms with Crippen LogP contribution in [0.3, 0.4) is 0 Å². The molecule has 0 radical (unpaired) electrons. The molecule has 0 atom stereocenters. The van der Waals surface area contributed by atoms with Gasteiger partial charge in [0.15, 0.2) is 5.96 Å². The highest BCUT2D eigenvalue weighted by atomic mass is 16.1. The number of guanidine groups is 1. The number of nitrogens with one attached hydrogen (secondary N) is 2. The number of hydrogen-bond acceptors (Lipinski definition) is 3. The summed E-state index contributed by atoms with van der Waals surface area (Å²) in [5.74, 6) is 0.950. The third-order valence-electron chi connectivity index (χ3n) is 4.79. The maximum atomic E-state index is 11.7. The van der Waals surface area contributed by atoms with E-state index < -0.39 is 0 Å². The van der Waals surface area contributed by atoms with E-state index >= 15 is 0 Å². The van der Waals surface area contributed by atoms with Crippen LogP contribution in [-0.2, 0) is 4.79 Å². The highest BCUT2D eigenvalue weighted by Gasteiger charge is 2.21. The lowest BCUT2D eigenvalue weighted by molar-refractivity contribution is -0.121. The fourth-order valence-corrected chi connectivity index (χ4v) is 3.25. The minimum atomic E-state index is 0.0719. The molecule has 1 heterocycles. The van der Waals surface area contributed by atoms with Crippen molar-refractivity contribution < 1.29 is 4.79 Å². The second-order valence-corrected chi connectivity index (χ2v) is 7.14. The second kappa shape index (κ2) is 9.46. The van der Waals surface area contributed by atoms with Crippen LogP contribution in [0.1, 0.15) is 31.4 Å². The number of aryl methyl sites for hydroxylation is 1. The Morgan fingerprint density at radius 3 is 2.50 bits per heavy atom. The molecule has 1 amide bonds. The van der Waals surface area contributed by atoms with Gasteiger partial charge in [0.1, 0.15) is 0 Å². The molecular weight excluding hydrogens is 326 g/mol. The first-order chi connectivity index (χ1) is 12.4. The highest BCUT2D eigenvalue weighted by molar-refractivity contribution is 5.81. The van der Waals surface area contributed by atoms with Gasteiger partial charge in [-0.05, 0) is 44.9 Å². The first kappa shape index (κ1) is 20.1. The molecule has 0 aliphatic carbocycles. The first-order valence-corrected chi connectivity index (χ1v) is 9.48. The van der Waals surface area contributed by atoms with Crippen LogP contribution in [0.15, 0.2) is 23.2 Å². The predicted octanol–water partition coefficient (Wildman–Crippen LogP) is 1.92. The number of nitrogens with zero attached hydrogens (tertiary/aromatic N) is 3. The van der Waals surface area contributed by atoms with E-state index in [1.807, 2.05) is 13.8 Å². The molecule has 1 aliphatic rings. The van der Waals surface area contributed by atoms with Gasteiger partial charge in [0.25, 0.3) is 0 Å². The van der Waals surface area contributed by atoms with E-state index in [1.165, 1.54) is 16.8 Å². The molecule has 2 rings (SSSR count). The van der Waals surface area contributed by atoms with Crippen LogP contribution >= 0.6 is 0 Å². The van der Waals surface area contributed by atoms with Gasteiger partial charge in [-0.2, -0.15) is 0 Å². The Hall–Kier alpha value is -2.24. The van der Waals surface area contributed by atoms with Crippen molar-refractivity contribution in [3.63, 3.8) is 0 Å².